The Morgan fingerprint density at radius 2 is 1.74 bits per heavy atom. The average Bonchev–Trinajstić information content (AvgIpc) is 2.64. The van der Waals surface area contributed by atoms with E-state index in [0.717, 1.165) is 0 Å². The van der Waals surface area contributed by atoms with Crippen LogP contribution in [0.15, 0.2) is 57.9 Å². The Kier molecular flexibility index (Phi) is 5.21. The maximum Gasteiger partial charge on any atom is 0.338 e. The van der Waals surface area contributed by atoms with Crippen molar-refractivity contribution in [3.8, 4) is 17.2 Å². The van der Waals surface area contributed by atoms with Gasteiger partial charge in [-0.3, -0.25) is 9.59 Å². The van der Waals surface area contributed by atoms with Gasteiger partial charge in [-0.15, -0.1) is 0 Å². The fourth-order valence-electron chi connectivity index (χ4n) is 2.39. The van der Waals surface area contributed by atoms with Gasteiger partial charge in [-0.1, -0.05) is 0 Å². The predicted molar refractivity (Wildman–Crippen MR) is 96.3 cm³/mol. The Balaban J connectivity index is 1.85. The van der Waals surface area contributed by atoms with Crippen LogP contribution in [0.5, 0.6) is 17.2 Å². The van der Waals surface area contributed by atoms with E-state index in [2.05, 4.69) is 0 Å². The first-order valence-corrected chi connectivity index (χ1v) is 8.17. The van der Waals surface area contributed by atoms with Crippen molar-refractivity contribution in [3.05, 3.63) is 64.5 Å². The Morgan fingerprint density at radius 3 is 2.41 bits per heavy atom. The smallest absolute Gasteiger partial charge is 0.338 e. The molecule has 0 unspecified atom stereocenters. The lowest BCUT2D eigenvalue weighted by molar-refractivity contribution is -0.131. The van der Waals surface area contributed by atoms with E-state index in [1.807, 2.05) is 0 Å². The molecule has 0 amide bonds. The molecule has 0 N–H and O–H groups in total. The first-order valence-electron chi connectivity index (χ1n) is 8.17. The minimum Gasteiger partial charge on any atom is -0.462 e. The van der Waals surface area contributed by atoms with Gasteiger partial charge in [-0.05, 0) is 43.3 Å². The van der Waals surface area contributed by atoms with E-state index in [9.17, 15) is 14.4 Å². The highest BCUT2D eigenvalue weighted by molar-refractivity contribution is 5.89. The third-order valence-corrected chi connectivity index (χ3v) is 3.57. The fraction of sp³-hybridized carbons (Fsp3) is 0.150. The van der Waals surface area contributed by atoms with Crippen LogP contribution in [0.2, 0.25) is 0 Å². The predicted octanol–water partition coefficient (Wildman–Crippen LogP) is 3.69. The number of hydrogen-bond donors (Lipinski definition) is 0. The summed E-state index contributed by atoms with van der Waals surface area (Å²) in [6.07, 6.45) is 1.18. The molecule has 1 heterocycles. The highest BCUT2D eigenvalue weighted by Crippen LogP contribution is 2.24. The monoisotopic (exact) mass is 368 g/mol. The van der Waals surface area contributed by atoms with Gasteiger partial charge >= 0.3 is 11.9 Å². The number of fused-ring (bicyclic) bond motifs is 1. The van der Waals surface area contributed by atoms with Gasteiger partial charge in [0.1, 0.15) is 23.3 Å². The van der Waals surface area contributed by atoms with Crippen molar-refractivity contribution < 1.29 is 28.2 Å². The second kappa shape index (κ2) is 7.74. The van der Waals surface area contributed by atoms with Gasteiger partial charge in [0.15, 0.2) is 0 Å². The lowest BCUT2D eigenvalue weighted by Crippen LogP contribution is -2.06. The van der Waals surface area contributed by atoms with Crippen molar-refractivity contribution in [2.24, 2.45) is 0 Å². The third kappa shape index (κ3) is 4.14. The van der Waals surface area contributed by atoms with Crippen LogP contribution in [0.1, 0.15) is 24.2 Å². The van der Waals surface area contributed by atoms with Gasteiger partial charge in [0, 0.05) is 13.0 Å². The number of ether oxygens (including phenoxy) is 3. The summed E-state index contributed by atoms with van der Waals surface area (Å²) in [5.74, 6) is -0.264. The topological polar surface area (TPSA) is 92.0 Å². The molecule has 0 radical (unpaired) electrons. The molecule has 3 rings (SSSR count). The molecule has 2 aromatic carbocycles. The molecule has 1 aromatic heterocycles. The van der Waals surface area contributed by atoms with Gasteiger partial charge in [0.05, 0.1) is 17.6 Å². The summed E-state index contributed by atoms with van der Waals surface area (Å²) in [6.45, 7) is 3.29. The van der Waals surface area contributed by atoms with Crippen LogP contribution in [0.4, 0.5) is 0 Å². The van der Waals surface area contributed by atoms with Crippen LogP contribution in [-0.4, -0.2) is 18.5 Å². The molecule has 27 heavy (non-hydrogen) atoms. The molecule has 3 aromatic rings. The second-order valence-corrected chi connectivity index (χ2v) is 5.53. The van der Waals surface area contributed by atoms with Crippen LogP contribution >= 0.6 is 0 Å². The molecule has 7 heteroatoms. The molecule has 0 bridgehead atoms. The largest absolute Gasteiger partial charge is 0.462 e. The minimum atomic E-state index is -0.470. The van der Waals surface area contributed by atoms with Gasteiger partial charge < -0.3 is 18.6 Å². The summed E-state index contributed by atoms with van der Waals surface area (Å²) >= 11 is 0. The van der Waals surface area contributed by atoms with Gasteiger partial charge in [0.25, 0.3) is 0 Å². The van der Waals surface area contributed by atoms with E-state index in [1.165, 1.54) is 31.4 Å². The molecule has 0 saturated heterocycles. The van der Waals surface area contributed by atoms with E-state index < -0.39 is 11.9 Å². The zero-order chi connectivity index (χ0) is 19.4. The number of carbonyl (C=O) groups is 2. The van der Waals surface area contributed by atoms with Crippen LogP contribution in [0.3, 0.4) is 0 Å². The molecule has 0 aliphatic heterocycles. The number of rotatable bonds is 5. The van der Waals surface area contributed by atoms with Crippen LogP contribution in [-0.2, 0) is 9.53 Å². The highest BCUT2D eigenvalue weighted by Gasteiger charge is 2.12. The quantitative estimate of drug-likeness (QED) is 0.501. The third-order valence-electron chi connectivity index (χ3n) is 3.57. The molecule has 7 nitrogen and oxygen atoms in total. The Morgan fingerprint density at radius 1 is 1.04 bits per heavy atom. The van der Waals surface area contributed by atoms with Gasteiger partial charge in [0.2, 0.25) is 11.2 Å². The molecule has 0 aliphatic rings. The molecule has 0 fully saturated rings. The minimum absolute atomic E-state index is 0.00776. The lowest BCUT2D eigenvalue weighted by Gasteiger charge is -2.07. The molecule has 0 atom stereocenters. The summed E-state index contributed by atoms with van der Waals surface area (Å²) in [5, 5.41) is 0.284. The average molecular weight is 368 g/mol. The van der Waals surface area contributed by atoms with Crippen molar-refractivity contribution in [2.45, 2.75) is 13.8 Å². The normalized spacial score (nSPS) is 10.4. The number of carbonyl (C=O) groups excluding carboxylic acids is 2. The molecule has 138 valence electrons. The van der Waals surface area contributed by atoms with Crippen molar-refractivity contribution in [1.29, 1.82) is 0 Å². The van der Waals surface area contributed by atoms with Gasteiger partial charge in [-0.25, -0.2) is 4.79 Å². The molecule has 0 saturated carbocycles. The number of esters is 2. The maximum atomic E-state index is 12.6. The van der Waals surface area contributed by atoms with Crippen molar-refractivity contribution >= 4 is 22.9 Å². The van der Waals surface area contributed by atoms with E-state index in [4.69, 9.17) is 18.6 Å². The fourth-order valence-corrected chi connectivity index (χ4v) is 2.39. The zero-order valence-electron chi connectivity index (χ0n) is 14.7. The van der Waals surface area contributed by atoms with Crippen LogP contribution in [0.25, 0.3) is 11.0 Å². The van der Waals surface area contributed by atoms with E-state index >= 15 is 0 Å². The summed E-state index contributed by atoms with van der Waals surface area (Å²) in [7, 11) is 0. The zero-order valence-corrected chi connectivity index (χ0v) is 14.7. The molecular weight excluding hydrogens is 352 g/mol. The SMILES string of the molecule is CCOC(=O)c1ccc(Oc2coc3cc(OC(C)=O)ccc3c2=O)cc1. The van der Waals surface area contributed by atoms with Crippen LogP contribution in [0, 0.1) is 0 Å². The number of hydrogen-bond acceptors (Lipinski definition) is 7. The molecule has 0 spiro atoms. The lowest BCUT2D eigenvalue weighted by atomic mass is 10.2. The van der Waals surface area contributed by atoms with Crippen molar-refractivity contribution in [3.63, 3.8) is 0 Å². The summed E-state index contributed by atoms with van der Waals surface area (Å²) < 4.78 is 20.9. The van der Waals surface area contributed by atoms with Gasteiger partial charge in [-0.2, -0.15) is 0 Å². The van der Waals surface area contributed by atoms with E-state index in [0.29, 0.717) is 11.3 Å². The number of benzene rings is 2. The second-order valence-electron chi connectivity index (χ2n) is 5.53. The van der Waals surface area contributed by atoms with E-state index in [1.54, 1.807) is 31.2 Å². The Bertz CT molecular complexity index is 1050. The first-order chi connectivity index (χ1) is 13.0. The van der Waals surface area contributed by atoms with Crippen LogP contribution < -0.4 is 14.9 Å². The molecular formula is C20H16O7. The highest BCUT2D eigenvalue weighted by atomic mass is 16.5. The maximum absolute atomic E-state index is 12.6. The summed E-state index contributed by atoms with van der Waals surface area (Å²) in [5.41, 5.74) is 0.275. The Hall–Kier alpha value is -3.61. The first kappa shape index (κ1) is 18.2. The van der Waals surface area contributed by atoms with Crippen molar-refractivity contribution in [2.75, 3.05) is 6.61 Å². The molecule has 0 aliphatic carbocycles. The van der Waals surface area contributed by atoms with E-state index in [-0.39, 0.29) is 34.5 Å². The standard InChI is InChI=1S/C20H16O7/c1-3-24-20(23)13-4-6-14(7-5-13)27-18-11-25-17-10-15(26-12(2)21)8-9-16(17)19(18)22/h4-11H,3H2,1-2H3. The summed E-state index contributed by atoms with van der Waals surface area (Å²) in [4.78, 5) is 35.2. The summed E-state index contributed by atoms with van der Waals surface area (Å²) in [6, 6.07) is 10.6. The van der Waals surface area contributed by atoms with Crippen molar-refractivity contribution in [1.82, 2.24) is 0 Å². The Labute approximate surface area is 154 Å².